The fraction of sp³-hybridized carbons (Fsp3) is 0.526. The van der Waals surface area contributed by atoms with Gasteiger partial charge in [0.2, 0.25) is 0 Å². The van der Waals surface area contributed by atoms with Crippen LogP contribution in [0.5, 0.6) is 5.75 Å². The number of aromatic hydroxyl groups is 1. The third-order valence-electron chi connectivity index (χ3n) is 4.75. The van der Waals surface area contributed by atoms with Gasteiger partial charge >= 0.3 is 5.63 Å². The van der Waals surface area contributed by atoms with Crippen molar-refractivity contribution in [1.29, 1.82) is 0 Å². The summed E-state index contributed by atoms with van der Waals surface area (Å²) in [4.78, 5) is 14.4. The maximum Gasteiger partial charge on any atom is 0.341 e. The van der Waals surface area contributed by atoms with E-state index in [2.05, 4.69) is 11.8 Å². The smallest absolute Gasteiger partial charge is 0.341 e. The van der Waals surface area contributed by atoms with Gasteiger partial charge in [-0.1, -0.05) is 26.2 Å². The van der Waals surface area contributed by atoms with Crippen molar-refractivity contribution in [2.75, 3.05) is 13.6 Å². The maximum atomic E-state index is 12.3. The van der Waals surface area contributed by atoms with Crippen LogP contribution in [0.2, 0.25) is 0 Å². The van der Waals surface area contributed by atoms with Gasteiger partial charge in [0.25, 0.3) is 0 Å². The molecule has 0 spiro atoms. The van der Waals surface area contributed by atoms with Crippen molar-refractivity contribution in [2.45, 2.75) is 52.0 Å². The van der Waals surface area contributed by atoms with Gasteiger partial charge in [-0.2, -0.15) is 0 Å². The molecule has 2 heterocycles. The monoisotopic (exact) mass is 315 g/mol. The van der Waals surface area contributed by atoms with E-state index in [4.69, 9.17) is 4.42 Å². The third-order valence-corrected chi connectivity index (χ3v) is 4.75. The highest BCUT2D eigenvalue weighted by Crippen LogP contribution is 2.33. The molecule has 0 atom stereocenters. The summed E-state index contributed by atoms with van der Waals surface area (Å²) < 4.78 is 5.52. The van der Waals surface area contributed by atoms with Gasteiger partial charge < -0.3 is 14.4 Å². The minimum Gasteiger partial charge on any atom is -0.507 e. The number of benzene rings is 1. The lowest BCUT2D eigenvalue weighted by molar-refractivity contribution is 0.306. The first-order valence-electron chi connectivity index (χ1n) is 8.59. The van der Waals surface area contributed by atoms with E-state index in [0.29, 0.717) is 17.7 Å². The molecular formula is C19H25NO3. The Bertz CT molecular complexity index is 763. The largest absolute Gasteiger partial charge is 0.507 e. The van der Waals surface area contributed by atoms with Crippen LogP contribution in [0.1, 0.15) is 49.3 Å². The topological polar surface area (TPSA) is 53.7 Å². The van der Waals surface area contributed by atoms with Crippen LogP contribution >= 0.6 is 0 Å². The summed E-state index contributed by atoms with van der Waals surface area (Å²) in [5.41, 5.74) is 2.97. The number of aryl methyl sites for hydroxylation is 1. The molecule has 0 fully saturated rings. The number of phenols is 1. The molecule has 23 heavy (non-hydrogen) atoms. The molecule has 4 heteroatoms. The molecular weight excluding hydrogens is 290 g/mol. The maximum absolute atomic E-state index is 12.3. The van der Waals surface area contributed by atoms with Gasteiger partial charge in [0.05, 0.1) is 10.9 Å². The minimum atomic E-state index is -0.262. The summed E-state index contributed by atoms with van der Waals surface area (Å²) in [5, 5.41) is 11.2. The molecule has 3 rings (SSSR count). The van der Waals surface area contributed by atoms with Crippen LogP contribution in [0.4, 0.5) is 0 Å². The molecule has 124 valence electrons. The van der Waals surface area contributed by atoms with Crippen LogP contribution in [0, 0.1) is 0 Å². The van der Waals surface area contributed by atoms with E-state index < -0.39 is 0 Å². The van der Waals surface area contributed by atoms with Crippen molar-refractivity contribution in [3.8, 4) is 5.75 Å². The summed E-state index contributed by atoms with van der Waals surface area (Å²) in [6.07, 6.45) is 6.41. The molecule has 4 nitrogen and oxygen atoms in total. The molecule has 2 aromatic rings. The Balaban J connectivity index is 1.98. The first-order chi connectivity index (χ1) is 11.1. The van der Waals surface area contributed by atoms with Crippen LogP contribution in [-0.4, -0.2) is 23.6 Å². The predicted molar refractivity (Wildman–Crippen MR) is 92.0 cm³/mol. The predicted octanol–water partition coefficient (Wildman–Crippen LogP) is 3.61. The summed E-state index contributed by atoms with van der Waals surface area (Å²) >= 11 is 0. The average molecular weight is 315 g/mol. The standard InChI is InChI=1S/C19H25NO3/c1-3-4-5-6-7-13-10-16(21)18-14-8-9-20(2)12-15(14)19(22)23-17(18)11-13/h10-11,21H,3-9,12H2,1-2H3. The van der Waals surface area contributed by atoms with Crippen molar-refractivity contribution >= 4 is 11.0 Å². The number of fused-ring (bicyclic) bond motifs is 3. The Kier molecular flexibility index (Phi) is 4.71. The van der Waals surface area contributed by atoms with Crippen molar-refractivity contribution in [2.24, 2.45) is 0 Å². The van der Waals surface area contributed by atoms with E-state index in [1.54, 1.807) is 0 Å². The number of unbranched alkanes of at least 4 members (excludes halogenated alkanes) is 3. The van der Waals surface area contributed by atoms with Crippen LogP contribution < -0.4 is 5.63 Å². The van der Waals surface area contributed by atoms with Gasteiger partial charge in [-0.25, -0.2) is 4.79 Å². The van der Waals surface area contributed by atoms with Gasteiger partial charge in [0.15, 0.2) is 0 Å². The van der Waals surface area contributed by atoms with Crippen molar-refractivity contribution in [3.63, 3.8) is 0 Å². The second-order valence-electron chi connectivity index (χ2n) is 6.63. The number of rotatable bonds is 5. The summed E-state index contributed by atoms with van der Waals surface area (Å²) in [7, 11) is 1.99. The lowest BCUT2D eigenvalue weighted by atomic mass is 9.95. The van der Waals surface area contributed by atoms with Gasteiger partial charge in [0.1, 0.15) is 11.3 Å². The second kappa shape index (κ2) is 6.75. The van der Waals surface area contributed by atoms with Crippen LogP contribution in [0.15, 0.2) is 21.3 Å². The Labute approximate surface area is 136 Å². The Morgan fingerprint density at radius 2 is 2.04 bits per heavy atom. The third kappa shape index (κ3) is 3.27. The molecule has 1 aromatic heterocycles. The fourth-order valence-electron chi connectivity index (χ4n) is 3.46. The molecule has 0 saturated heterocycles. The van der Waals surface area contributed by atoms with Gasteiger partial charge in [-0.15, -0.1) is 0 Å². The number of likely N-dealkylation sites (N-methyl/N-ethyl adjacent to an activating group) is 1. The Hall–Kier alpha value is -1.81. The van der Waals surface area contributed by atoms with E-state index in [1.807, 2.05) is 19.2 Å². The molecule has 0 unspecified atom stereocenters. The number of nitrogens with zero attached hydrogens (tertiary/aromatic N) is 1. The highest BCUT2D eigenvalue weighted by Gasteiger charge is 2.22. The zero-order valence-corrected chi connectivity index (χ0v) is 14.0. The highest BCUT2D eigenvalue weighted by molar-refractivity contribution is 5.88. The average Bonchev–Trinajstić information content (AvgIpc) is 2.52. The summed E-state index contributed by atoms with van der Waals surface area (Å²) in [5.74, 6) is 0.248. The number of hydrogen-bond acceptors (Lipinski definition) is 4. The van der Waals surface area contributed by atoms with Crippen LogP contribution in [0.25, 0.3) is 11.0 Å². The van der Waals surface area contributed by atoms with E-state index in [1.165, 1.54) is 19.3 Å². The van der Waals surface area contributed by atoms with Gasteiger partial charge in [-0.3, -0.25) is 0 Å². The number of hydrogen-bond donors (Lipinski definition) is 1. The van der Waals surface area contributed by atoms with Gasteiger partial charge in [0, 0.05) is 13.1 Å². The number of phenolic OH excluding ortho intramolecular Hbond substituents is 1. The first kappa shape index (κ1) is 16.1. The van der Waals surface area contributed by atoms with E-state index in [-0.39, 0.29) is 11.4 Å². The Morgan fingerprint density at radius 3 is 2.83 bits per heavy atom. The summed E-state index contributed by atoms with van der Waals surface area (Å²) in [6.45, 7) is 3.67. The van der Waals surface area contributed by atoms with Crippen molar-refractivity contribution < 1.29 is 9.52 Å². The van der Waals surface area contributed by atoms with Gasteiger partial charge in [-0.05, 0) is 49.6 Å². The first-order valence-corrected chi connectivity index (χ1v) is 8.59. The van der Waals surface area contributed by atoms with E-state index >= 15 is 0 Å². The van der Waals surface area contributed by atoms with E-state index in [0.717, 1.165) is 42.3 Å². The van der Waals surface area contributed by atoms with E-state index in [9.17, 15) is 9.90 Å². The molecule has 1 N–H and O–H groups in total. The molecule has 0 radical (unpaired) electrons. The molecule has 1 aromatic carbocycles. The Morgan fingerprint density at radius 1 is 1.22 bits per heavy atom. The van der Waals surface area contributed by atoms with Crippen molar-refractivity contribution in [3.05, 3.63) is 39.2 Å². The molecule has 0 bridgehead atoms. The summed E-state index contributed by atoms with van der Waals surface area (Å²) in [6, 6.07) is 3.77. The van der Waals surface area contributed by atoms with Crippen LogP contribution in [-0.2, 0) is 19.4 Å². The van der Waals surface area contributed by atoms with Crippen molar-refractivity contribution in [1.82, 2.24) is 4.90 Å². The van der Waals surface area contributed by atoms with Crippen LogP contribution in [0.3, 0.4) is 0 Å². The minimum absolute atomic E-state index is 0.248. The molecule has 0 amide bonds. The zero-order valence-electron chi connectivity index (χ0n) is 14.0. The second-order valence-corrected chi connectivity index (χ2v) is 6.63. The molecule has 1 aliphatic rings. The fourth-order valence-corrected chi connectivity index (χ4v) is 3.46. The lowest BCUT2D eigenvalue weighted by Crippen LogP contribution is -2.31. The molecule has 0 saturated carbocycles. The quantitative estimate of drug-likeness (QED) is 0.676. The SMILES string of the molecule is CCCCCCc1cc(O)c2c3c(c(=O)oc2c1)CN(C)CC3. The zero-order chi connectivity index (χ0) is 16.4. The molecule has 1 aliphatic heterocycles. The molecule has 0 aliphatic carbocycles. The lowest BCUT2D eigenvalue weighted by Gasteiger charge is -2.24. The highest BCUT2D eigenvalue weighted by atomic mass is 16.4. The normalized spacial score (nSPS) is 15.0.